The van der Waals surface area contributed by atoms with Gasteiger partial charge in [0.25, 0.3) is 0 Å². The van der Waals surface area contributed by atoms with E-state index in [1.165, 1.54) is 6.20 Å². The number of pyridine rings is 1. The Labute approximate surface area is 108 Å². The number of aromatic nitrogens is 1. The Morgan fingerprint density at radius 2 is 1.69 bits per heavy atom. The first-order chi connectivity index (χ1) is 7.59. The van der Waals surface area contributed by atoms with E-state index in [0.717, 1.165) is 0 Å². The standard InChI is InChI=1S/C11H7Cl3N2/c12-6-4-9(15)11(16-5-6)10-7(13)2-1-3-8(10)14/h1-5H,15H2. The van der Waals surface area contributed by atoms with E-state index < -0.39 is 0 Å². The molecule has 0 amide bonds. The molecular weight excluding hydrogens is 266 g/mol. The number of hydrogen-bond donors (Lipinski definition) is 1. The number of anilines is 1. The molecule has 0 aliphatic heterocycles. The van der Waals surface area contributed by atoms with Gasteiger partial charge in [0.1, 0.15) is 0 Å². The number of nitrogens with zero attached hydrogens (tertiary/aromatic N) is 1. The molecule has 1 aromatic heterocycles. The molecule has 0 unspecified atom stereocenters. The molecule has 2 N–H and O–H groups in total. The zero-order valence-electron chi connectivity index (χ0n) is 8.05. The molecule has 0 fully saturated rings. The summed E-state index contributed by atoms with van der Waals surface area (Å²) in [5, 5.41) is 1.49. The van der Waals surface area contributed by atoms with Gasteiger partial charge in [-0.2, -0.15) is 0 Å². The number of hydrogen-bond acceptors (Lipinski definition) is 2. The Bertz CT molecular complexity index is 520. The van der Waals surface area contributed by atoms with Crippen LogP contribution in [0.3, 0.4) is 0 Å². The summed E-state index contributed by atoms with van der Waals surface area (Å²) < 4.78 is 0. The summed E-state index contributed by atoms with van der Waals surface area (Å²) in [7, 11) is 0. The van der Waals surface area contributed by atoms with Crippen molar-refractivity contribution in [3.63, 3.8) is 0 Å². The minimum atomic E-state index is 0.447. The fourth-order valence-electron chi connectivity index (χ4n) is 1.39. The van der Waals surface area contributed by atoms with Crippen LogP contribution in [0.2, 0.25) is 15.1 Å². The number of halogens is 3. The lowest BCUT2D eigenvalue weighted by molar-refractivity contribution is 1.33. The summed E-state index contributed by atoms with van der Waals surface area (Å²) in [6, 6.07) is 6.85. The quantitative estimate of drug-likeness (QED) is 0.842. The zero-order valence-corrected chi connectivity index (χ0v) is 10.3. The second-order valence-electron chi connectivity index (χ2n) is 3.19. The maximum atomic E-state index is 6.06. The molecule has 0 bridgehead atoms. The summed E-state index contributed by atoms with van der Waals surface area (Å²) in [6.45, 7) is 0. The average Bonchev–Trinajstić information content (AvgIpc) is 2.20. The molecular formula is C11H7Cl3N2. The van der Waals surface area contributed by atoms with Crippen LogP contribution in [0.15, 0.2) is 30.5 Å². The summed E-state index contributed by atoms with van der Waals surface area (Å²) >= 11 is 17.9. The molecule has 82 valence electrons. The van der Waals surface area contributed by atoms with Crippen LogP contribution in [0.25, 0.3) is 11.3 Å². The van der Waals surface area contributed by atoms with Crippen molar-refractivity contribution in [2.24, 2.45) is 0 Å². The Hall–Kier alpha value is -0.960. The van der Waals surface area contributed by atoms with Gasteiger partial charge in [0.05, 0.1) is 26.4 Å². The molecule has 0 aliphatic rings. The number of rotatable bonds is 1. The monoisotopic (exact) mass is 272 g/mol. The highest BCUT2D eigenvalue weighted by Crippen LogP contribution is 2.36. The Kier molecular flexibility index (Phi) is 3.24. The Morgan fingerprint density at radius 1 is 1.06 bits per heavy atom. The van der Waals surface area contributed by atoms with Crippen LogP contribution in [0.1, 0.15) is 0 Å². The van der Waals surface area contributed by atoms with Crippen LogP contribution in [-0.4, -0.2) is 4.98 Å². The van der Waals surface area contributed by atoms with E-state index in [2.05, 4.69) is 4.98 Å². The van der Waals surface area contributed by atoms with Gasteiger partial charge in [0.15, 0.2) is 0 Å². The van der Waals surface area contributed by atoms with E-state index >= 15 is 0 Å². The molecule has 2 aromatic rings. The third-order valence-corrected chi connectivity index (χ3v) is 2.92. The van der Waals surface area contributed by atoms with Crippen molar-refractivity contribution in [3.8, 4) is 11.3 Å². The fourth-order valence-corrected chi connectivity index (χ4v) is 2.13. The lowest BCUT2D eigenvalue weighted by Gasteiger charge is -2.08. The van der Waals surface area contributed by atoms with Crippen LogP contribution in [-0.2, 0) is 0 Å². The van der Waals surface area contributed by atoms with Crippen LogP contribution in [0.5, 0.6) is 0 Å². The number of nitrogen functional groups attached to an aromatic ring is 1. The zero-order chi connectivity index (χ0) is 11.7. The van der Waals surface area contributed by atoms with Gasteiger partial charge in [-0.15, -0.1) is 0 Å². The number of nitrogens with two attached hydrogens (primary N) is 1. The molecule has 0 spiro atoms. The van der Waals surface area contributed by atoms with Crippen LogP contribution in [0, 0.1) is 0 Å². The summed E-state index contributed by atoms with van der Waals surface area (Å²) in [6.07, 6.45) is 1.51. The van der Waals surface area contributed by atoms with Crippen LogP contribution < -0.4 is 5.73 Å². The molecule has 0 aliphatic carbocycles. The molecule has 5 heteroatoms. The van der Waals surface area contributed by atoms with Crippen molar-refractivity contribution in [2.45, 2.75) is 0 Å². The summed E-state index contributed by atoms with van der Waals surface area (Å²) in [5.74, 6) is 0. The van der Waals surface area contributed by atoms with Crippen LogP contribution in [0.4, 0.5) is 5.69 Å². The van der Waals surface area contributed by atoms with Gasteiger partial charge in [0, 0.05) is 11.8 Å². The van der Waals surface area contributed by atoms with Crippen molar-refractivity contribution in [2.75, 3.05) is 5.73 Å². The predicted octanol–water partition coefficient (Wildman–Crippen LogP) is 4.29. The van der Waals surface area contributed by atoms with Gasteiger partial charge in [0.2, 0.25) is 0 Å². The predicted molar refractivity (Wildman–Crippen MR) is 69.1 cm³/mol. The molecule has 2 nitrogen and oxygen atoms in total. The lowest BCUT2D eigenvalue weighted by Crippen LogP contribution is -1.94. The van der Waals surface area contributed by atoms with Gasteiger partial charge >= 0.3 is 0 Å². The van der Waals surface area contributed by atoms with Crippen molar-refractivity contribution in [3.05, 3.63) is 45.5 Å². The highest BCUT2D eigenvalue weighted by molar-refractivity contribution is 6.39. The maximum Gasteiger partial charge on any atom is 0.0962 e. The van der Waals surface area contributed by atoms with Crippen molar-refractivity contribution < 1.29 is 0 Å². The molecule has 0 atom stereocenters. The van der Waals surface area contributed by atoms with E-state index in [4.69, 9.17) is 40.5 Å². The minimum Gasteiger partial charge on any atom is -0.397 e. The first-order valence-corrected chi connectivity index (χ1v) is 5.58. The molecule has 2 rings (SSSR count). The highest BCUT2D eigenvalue weighted by atomic mass is 35.5. The van der Waals surface area contributed by atoms with Crippen LogP contribution >= 0.6 is 34.8 Å². The molecule has 16 heavy (non-hydrogen) atoms. The largest absolute Gasteiger partial charge is 0.397 e. The van der Waals surface area contributed by atoms with Gasteiger partial charge in [-0.3, -0.25) is 4.98 Å². The normalized spacial score (nSPS) is 10.4. The first kappa shape index (κ1) is 11.5. The van der Waals surface area contributed by atoms with Gasteiger partial charge in [-0.25, -0.2) is 0 Å². The van der Waals surface area contributed by atoms with Crippen molar-refractivity contribution >= 4 is 40.5 Å². The maximum absolute atomic E-state index is 6.06. The van der Waals surface area contributed by atoms with E-state index in [-0.39, 0.29) is 0 Å². The van der Waals surface area contributed by atoms with E-state index in [0.29, 0.717) is 32.0 Å². The molecule has 1 aromatic carbocycles. The smallest absolute Gasteiger partial charge is 0.0962 e. The lowest BCUT2D eigenvalue weighted by atomic mass is 10.1. The summed E-state index contributed by atoms with van der Waals surface area (Å²) in [5.41, 5.74) is 7.44. The van der Waals surface area contributed by atoms with Crippen molar-refractivity contribution in [1.82, 2.24) is 4.98 Å². The Balaban J connectivity index is 2.68. The van der Waals surface area contributed by atoms with E-state index in [9.17, 15) is 0 Å². The summed E-state index contributed by atoms with van der Waals surface area (Å²) in [4.78, 5) is 4.14. The van der Waals surface area contributed by atoms with Gasteiger partial charge < -0.3 is 5.73 Å². The fraction of sp³-hybridized carbons (Fsp3) is 0. The topological polar surface area (TPSA) is 38.9 Å². The first-order valence-electron chi connectivity index (χ1n) is 4.45. The van der Waals surface area contributed by atoms with Crippen molar-refractivity contribution in [1.29, 1.82) is 0 Å². The highest BCUT2D eigenvalue weighted by Gasteiger charge is 2.12. The van der Waals surface area contributed by atoms with E-state index in [1.807, 2.05) is 0 Å². The molecule has 1 heterocycles. The second kappa shape index (κ2) is 4.50. The number of benzene rings is 1. The third kappa shape index (κ3) is 2.09. The Morgan fingerprint density at radius 3 is 2.25 bits per heavy atom. The second-order valence-corrected chi connectivity index (χ2v) is 4.44. The average molecular weight is 274 g/mol. The van der Waals surface area contributed by atoms with E-state index in [1.54, 1.807) is 24.3 Å². The SMILES string of the molecule is Nc1cc(Cl)cnc1-c1c(Cl)cccc1Cl. The van der Waals surface area contributed by atoms with Gasteiger partial charge in [-0.1, -0.05) is 40.9 Å². The van der Waals surface area contributed by atoms with Gasteiger partial charge in [-0.05, 0) is 18.2 Å². The molecule has 0 saturated heterocycles. The third-order valence-electron chi connectivity index (χ3n) is 2.08. The molecule has 0 radical (unpaired) electrons. The minimum absolute atomic E-state index is 0.447. The molecule has 0 saturated carbocycles.